The lowest BCUT2D eigenvalue weighted by atomic mass is 10.1. The number of thiazole rings is 1. The Morgan fingerprint density at radius 3 is 2.38 bits per heavy atom. The lowest BCUT2D eigenvalue weighted by Crippen LogP contribution is -2.20. The molecule has 2 N–H and O–H groups in total. The van der Waals surface area contributed by atoms with Crippen LogP contribution in [0.15, 0.2) is 24.3 Å². The molecule has 0 unspecified atom stereocenters. The largest absolute Gasteiger partial charge is 0.480 e. The van der Waals surface area contributed by atoms with E-state index in [1.54, 1.807) is 24.3 Å². The summed E-state index contributed by atoms with van der Waals surface area (Å²) in [6, 6.07) is 7.05. The molecule has 0 saturated carbocycles. The summed E-state index contributed by atoms with van der Waals surface area (Å²) in [6.07, 6.45) is 0. The van der Waals surface area contributed by atoms with Crippen molar-refractivity contribution < 1.29 is 19.8 Å². The average Bonchev–Trinajstić information content (AvgIpc) is 2.58. The fourth-order valence-electron chi connectivity index (χ4n) is 1.33. The summed E-state index contributed by atoms with van der Waals surface area (Å²) >= 11 is 1.09. The zero-order valence-electron chi connectivity index (χ0n) is 7.95. The Hall–Kier alpha value is -1.95. The van der Waals surface area contributed by atoms with Gasteiger partial charge < -0.3 is 10.2 Å². The maximum atomic E-state index is 10.8. The van der Waals surface area contributed by atoms with E-state index in [1.807, 2.05) is 0 Å². The molecule has 2 rings (SSSR count). The number of hydrogen-bond donors (Lipinski definition) is 2. The maximum absolute atomic E-state index is 10.8. The van der Waals surface area contributed by atoms with Crippen LogP contribution in [-0.2, 0) is 9.59 Å². The van der Waals surface area contributed by atoms with Gasteiger partial charge in [0.15, 0.2) is 0 Å². The van der Waals surface area contributed by atoms with E-state index in [2.05, 4.69) is 4.98 Å². The number of carbonyl (C=O) groups is 2. The second-order valence-corrected chi connectivity index (χ2v) is 4.19. The van der Waals surface area contributed by atoms with Gasteiger partial charge in [0.2, 0.25) is 5.92 Å². The number of rotatable bonds is 3. The standard InChI is InChI=1S/C10H7NO4S/c12-9(13)7(10(14)15)8-11-5-3-1-2-4-6(5)16-8/h1-4,7H,(H,12,13)(H,14,15). The first-order valence-electron chi connectivity index (χ1n) is 4.40. The first-order chi connectivity index (χ1) is 7.59. The molecule has 0 aliphatic heterocycles. The van der Waals surface area contributed by atoms with Gasteiger partial charge in [-0.05, 0) is 12.1 Å². The molecule has 0 spiro atoms. The first-order valence-corrected chi connectivity index (χ1v) is 5.22. The molecule has 1 aromatic heterocycles. The van der Waals surface area contributed by atoms with Gasteiger partial charge in [-0.3, -0.25) is 9.59 Å². The minimum Gasteiger partial charge on any atom is -0.480 e. The van der Waals surface area contributed by atoms with Crippen molar-refractivity contribution in [3.8, 4) is 0 Å². The number of para-hydroxylation sites is 1. The highest BCUT2D eigenvalue weighted by molar-refractivity contribution is 7.18. The minimum absolute atomic E-state index is 0.0983. The highest BCUT2D eigenvalue weighted by Gasteiger charge is 2.31. The van der Waals surface area contributed by atoms with Crippen molar-refractivity contribution in [1.82, 2.24) is 4.98 Å². The zero-order chi connectivity index (χ0) is 11.7. The van der Waals surface area contributed by atoms with Crippen LogP contribution in [0.3, 0.4) is 0 Å². The molecule has 0 atom stereocenters. The Morgan fingerprint density at radius 2 is 1.81 bits per heavy atom. The van der Waals surface area contributed by atoms with Crippen LogP contribution >= 0.6 is 11.3 Å². The predicted octanol–water partition coefficient (Wildman–Crippen LogP) is 1.55. The monoisotopic (exact) mass is 237 g/mol. The van der Waals surface area contributed by atoms with Crippen LogP contribution in [-0.4, -0.2) is 27.1 Å². The van der Waals surface area contributed by atoms with Gasteiger partial charge in [0.05, 0.1) is 10.2 Å². The molecule has 6 heteroatoms. The van der Waals surface area contributed by atoms with E-state index in [0.717, 1.165) is 16.0 Å². The summed E-state index contributed by atoms with van der Waals surface area (Å²) in [6.45, 7) is 0. The van der Waals surface area contributed by atoms with Crippen LogP contribution in [0.1, 0.15) is 10.9 Å². The number of benzene rings is 1. The van der Waals surface area contributed by atoms with Crippen molar-refractivity contribution >= 4 is 33.5 Å². The Labute approximate surface area is 94.0 Å². The Morgan fingerprint density at radius 1 is 1.19 bits per heavy atom. The minimum atomic E-state index is -1.59. The second kappa shape index (κ2) is 3.90. The van der Waals surface area contributed by atoms with Gasteiger partial charge in [-0.1, -0.05) is 12.1 Å². The van der Waals surface area contributed by atoms with E-state index in [9.17, 15) is 9.59 Å². The van der Waals surface area contributed by atoms with Gasteiger partial charge in [-0.2, -0.15) is 0 Å². The van der Waals surface area contributed by atoms with Gasteiger partial charge in [-0.25, -0.2) is 4.98 Å². The van der Waals surface area contributed by atoms with E-state index in [4.69, 9.17) is 10.2 Å². The number of nitrogens with zero attached hydrogens (tertiary/aromatic N) is 1. The van der Waals surface area contributed by atoms with Crippen molar-refractivity contribution in [2.75, 3.05) is 0 Å². The molecule has 1 heterocycles. The van der Waals surface area contributed by atoms with E-state index in [-0.39, 0.29) is 5.01 Å². The van der Waals surface area contributed by atoms with E-state index >= 15 is 0 Å². The molecule has 0 saturated heterocycles. The van der Waals surface area contributed by atoms with Crippen LogP contribution in [0.2, 0.25) is 0 Å². The molecule has 0 fully saturated rings. The highest BCUT2D eigenvalue weighted by atomic mass is 32.1. The lowest BCUT2D eigenvalue weighted by Gasteiger charge is -2.01. The van der Waals surface area contributed by atoms with Crippen molar-refractivity contribution in [1.29, 1.82) is 0 Å². The molecule has 0 amide bonds. The third-order valence-electron chi connectivity index (χ3n) is 2.05. The molecule has 0 aliphatic rings. The molecule has 16 heavy (non-hydrogen) atoms. The van der Waals surface area contributed by atoms with Gasteiger partial charge in [0.1, 0.15) is 5.01 Å². The van der Waals surface area contributed by atoms with Gasteiger partial charge in [-0.15, -0.1) is 11.3 Å². The third kappa shape index (κ3) is 1.74. The summed E-state index contributed by atoms with van der Waals surface area (Å²) < 4.78 is 0.782. The smallest absolute Gasteiger partial charge is 0.325 e. The third-order valence-corrected chi connectivity index (χ3v) is 3.15. The Kier molecular flexibility index (Phi) is 2.57. The maximum Gasteiger partial charge on any atom is 0.325 e. The number of hydrogen-bond acceptors (Lipinski definition) is 4. The average molecular weight is 237 g/mol. The normalized spacial score (nSPS) is 10.8. The molecule has 2 aromatic rings. The number of fused-ring (bicyclic) bond motifs is 1. The van der Waals surface area contributed by atoms with Crippen LogP contribution in [0.25, 0.3) is 10.2 Å². The highest BCUT2D eigenvalue weighted by Crippen LogP contribution is 2.27. The van der Waals surface area contributed by atoms with E-state index in [1.165, 1.54) is 0 Å². The summed E-state index contributed by atoms with van der Waals surface area (Å²) in [4.78, 5) is 25.6. The number of carboxylic acid groups (broad SMARTS) is 2. The molecule has 0 bridgehead atoms. The van der Waals surface area contributed by atoms with E-state index < -0.39 is 17.9 Å². The van der Waals surface area contributed by atoms with Crippen LogP contribution in [0.4, 0.5) is 0 Å². The quantitative estimate of drug-likeness (QED) is 0.791. The topological polar surface area (TPSA) is 87.5 Å². The van der Waals surface area contributed by atoms with E-state index in [0.29, 0.717) is 5.52 Å². The van der Waals surface area contributed by atoms with Crippen molar-refractivity contribution in [3.05, 3.63) is 29.3 Å². The molecule has 0 radical (unpaired) electrons. The van der Waals surface area contributed by atoms with Gasteiger partial charge >= 0.3 is 11.9 Å². The SMILES string of the molecule is O=C(O)C(C(=O)O)c1nc2ccccc2s1. The van der Waals surface area contributed by atoms with Gasteiger partial charge in [0.25, 0.3) is 0 Å². The molecular weight excluding hydrogens is 230 g/mol. The van der Waals surface area contributed by atoms with Crippen LogP contribution in [0, 0.1) is 0 Å². The molecular formula is C10H7NO4S. The first kappa shape index (κ1) is 10.6. The van der Waals surface area contributed by atoms with Gasteiger partial charge in [0, 0.05) is 0 Å². The molecule has 82 valence electrons. The van der Waals surface area contributed by atoms with Crippen molar-refractivity contribution in [2.24, 2.45) is 0 Å². The summed E-state index contributed by atoms with van der Waals surface area (Å²) in [5, 5.41) is 17.7. The fraction of sp³-hybridized carbons (Fsp3) is 0.100. The number of carboxylic acids is 2. The van der Waals surface area contributed by atoms with Crippen molar-refractivity contribution in [2.45, 2.75) is 5.92 Å². The Balaban J connectivity index is 2.53. The molecule has 0 aliphatic carbocycles. The second-order valence-electron chi connectivity index (χ2n) is 3.13. The van der Waals surface area contributed by atoms with Crippen LogP contribution in [0.5, 0.6) is 0 Å². The zero-order valence-corrected chi connectivity index (χ0v) is 8.77. The van der Waals surface area contributed by atoms with Crippen LogP contribution < -0.4 is 0 Å². The summed E-state index contributed by atoms with van der Waals surface area (Å²) in [7, 11) is 0. The molecule has 5 nitrogen and oxygen atoms in total. The fourth-order valence-corrected chi connectivity index (χ4v) is 2.38. The number of aliphatic carboxylic acids is 2. The van der Waals surface area contributed by atoms with Crippen molar-refractivity contribution in [3.63, 3.8) is 0 Å². The lowest BCUT2D eigenvalue weighted by molar-refractivity contribution is -0.150. The predicted molar refractivity (Wildman–Crippen MR) is 57.6 cm³/mol. The number of aromatic nitrogens is 1. The Bertz CT molecular complexity index is 516. The summed E-state index contributed by atoms with van der Waals surface area (Å²) in [5.74, 6) is -4.38. The molecule has 1 aromatic carbocycles. The summed E-state index contributed by atoms with van der Waals surface area (Å²) in [5.41, 5.74) is 0.620.